The van der Waals surface area contributed by atoms with E-state index >= 15 is 0 Å². The Bertz CT molecular complexity index is 579. The van der Waals surface area contributed by atoms with Crippen LogP contribution in [0.25, 0.3) is 0 Å². The van der Waals surface area contributed by atoms with Crippen LogP contribution in [0.4, 0.5) is 4.79 Å². The number of methoxy groups -OCH3 is 1. The number of pyridine rings is 1. The largest absolute Gasteiger partial charge is 0.451 e. The van der Waals surface area contributed by atoms with Gasteiger partial charge in [-0.2, -0.15) is 0 Å². The predicted octanol–water partition coefficient (Wildman–Crippen LogP) is 2.67. The van der Waals surface area contributed by atoms with Gasteiger partial charge in [0.25, 0.3) is 0 Å². The van der Waals surface area contributed by atoms with Gasteiger partial charge in [0, 0.05) is 17.2 Å². The lowest BCUT2D eigenvalue weighted by molar-refractivity contribution is 0.183. The number of hydrogen-bond acceptors (Lipinski definition) is 4. The van der Waals surface area contributed by atoms with Gasteiger partial charge in [0.1, 0.15) is 5.15 Å². The maximum absolute atomic E-state index is 12.6. The number of carbonyl (C=O) groups is 1. The first-order valence-electron chi connectivity index (χ1n) is 5.95. The number of amides is 1. The molecule has 2 heterocycles. The highest BCUT2D eigenvalue weighted by Gasteiger charge is 2.31. The summed E-state index contributed by atoms with van der Waals surface area (Å²) in [4.78, 5) is 15.2. The second kappa shape index (κ2) is 5.88. The highest BCUT2D eigenvalue weighted by Crippen LogP contribution is 2.26. The Kier molecular flexibility index (Phi) is 4.42. The molecule has 1 amide bonds. The van der Waals surface area contributed by atoms with Crippen molar-refractivity contribution in [3.8, 4) is 0 Å². The summed E-state index contributed by atoms with van der Waals surface area (Å²) in [7, 11) is -1.29. The average molecular weight is 303 g/mol. The van der Waals surface area contributed by atoms with Crippen molar-refractivity contribution in [1.82, 2.24) is 4.98 Å². The van der Waals surface area contributed by atoms with Crippen LogP contribution >= 0.6 is 11.6 Å². The summed E-state index contributed by atoms with van der Waals surface area (Å²) in [5.74, 6) is 0.452. The van der Waals surface area contributed by atoms with E-state index in [1.165, 1.54) is 7.11 Å². The summed E-state index contributed by atoms with van der Waals surface area (Å²) in [6.07, 6.45) is 3.10. The highest BCUT2D eigenvalue weighted by atomic mass is 35.5. The molecular formula is C12H15ClN2O3S. The van der Waals surface area contributed by atoms with Crippen LogP contribution < -0.4 is 0 Å². The van der Waals surface area contributed by atoms with E-state index in [2.05, 4.69) is 14.1 Å². The van der Waals surface area contributed by atoms with Gasteiger partial charge < -0.3 is 4.74 Å². The molecule has 1 aliphatic rings. The van der Waals surface area contributed by atoms with Crippen molar-refractivity contribution in [2.45, 2.75) is 24.5 Å². The maximum Gasteiger partial charge on any atom is 0.441 e. The molecule has 0 N–H and O–H groups in total. The Labute approximate surface area is 117 Å². The van der Waals surface area contributed by atoms with Crippen LogP contribution in [0.3, 0.4) is 0 Å². The van der Waals surface area contributed by atoms with Crippen LogP contribution in [0, 0.1) is 0 Å². The van der Waals surface area contributed by atoms with Gasteiger partial charge in [-0.1, -0.05) is 17.7 Å². The summed E-state index contributed by atoms with van der Waals surface area (Å²) in [5, 5.41) is 0.296. The molecule has 0 aliphatic carbocycles. The van der Waals surface area contributed by atoms with Crippen LogP contribution in [-0.2, 0) is 20.9 Å². The van der Waals surface area contributed by atoms with Crippen LogP contribution in [0.5, 0.6) is 0 Å². The first-order valence-corrected chi connectivity index (χ1v) is 8.08. The van der Waals surface area contributed by atoms with Gasteiger partial charge in [0.15, 0.2) is 0 Å². The summed E-state index contributed by atoms with van der Waals surface area (Å²) in [6, 6.07) is 3.55. The molecule has 1 saturated heterocycles. The fourth-order valence-electron chi connectivity index (χ4n) is 2.17. The Morgan fingerprint density at radius 3 is 3.05 bits per heavy atom. The van der Waals surface area contributed by atoms with Gasteiger partial charge >= 0.3 is 6.09 Å². The Hall–Kier alpha value is -1.14. The zero-order valence-electron chi connectivity index (χ0n) is 10.5. The Balaban J connectivity index is 2.20. The van der Waals surface area contributed by atoms with E-state index < -0.39 is 15.8 Å². The molecule has 7 heteroatoms. The minimum atomic E-state index is -2.52. The van der Waals surface area contributed by atoms with Crippen LogP contribution in [0.1, 0.15) is 18.4 Å². The molecule has 0 spiro atoms. The number of hydrogen-bond donors (Lipinski definition) is 0. The predicted molar refractivity (Wildman–Crippen MR) is 73.8 cm³/mol. The van der Waals surface area contributed by atoms with Gasteiger partial charge in [-0.05, 0) is 30.9 Å². The van der Waals surface area contributed by atoms with Crippen molar-refractivity contribution in [3.05, 3.63) is 29.0 Å². The minimum absolute atomic E-state index is 0.130. The van der Waals surface area contributed by atoms with E-state index in [0.717, 1.165) is 18.4 Å². The standard InChI is InChI=1S/C12H15ClN2O3S/c1-18-12(16)15-19(17)6-2-3-10(19)7-9-4-5-11(13)14-8-9/h4-5,8,10H,2-3,6-7H2,1H3. The van der Waals surface area contributed by atoms with Crippen molar-refractivity contribution in [2.24, 2.45) is 4.36 Å². The van der Waals surface area contributed by atoms with E-state index in [9.17, 15) is 9.00 Å². The van der Waals surface area contributed by atoms with E-state index in [-0.39, 0.29) is 5.25 Å². The molecule has 0 saturated carbocycles. The summed E-state index contributed by atoms with van der Waals surface area (Å²) >= 11 is 5.72. The lowest BCUT2D eigenvalue weighted by Gasteiger charge is -2.12. The van der Waals surface area contributed by atoms with Gasteiger partial charge in [-0.25, -0.2) is 14.0 Å². The monoisotopic (exact) mass is 302 g/mol. The van der Waals surface area contributed by atoms with E-state index in [1.807, 2.05) is 6.07 Å². The fraction of sp³-hybridized carbons (Fsp3) is 0.500. The number of ether oxygens (including phenoxy) is 1. The third kappa shape index (κ3) is 3.45. The van der Waals surface area contributed by atoms with Crippen molar-refractivity contribution in [2.75, 3.05) is 12.9 Å². The number of rotatable bonds is 2. The third-order valence-corrected chi connectivity index (χ3v) is 6.14. The molecule has 0 radical (unpaired) electrons. The van der Waals surface area contributed by atoms with Gasteiger partial charge in [0.05, 0.1) is 16.8 Å². The molecule has 2 unspecified atom stereocenters. The van der Waals surface area contributed by atoms with E-state index in [1.54, 1.807) is 12.3 Å². The van der Waals surface area contributed by atoms with Crippen LogP contribution in [0.15, 0.2) is 22.7 Å². The number of halogens is 1. The van der Waals surface area contributed by atoms with Gasteiger partial charge in [-0.3, -0.25) is 0 Å². The van der Waals surface area contributed by atoms with Crippen LogP contribution in [0.2, 0.25) is 5.15 Å². The normalized spacial score (nSPS) is 26.1. The third-order valence-electron chi connectivity index (χ3n) is 3.14. The average Bonchev–Trinajstić information content (AvgIpc) is 2.73. The quantitative estimate of drug-likeness (QED) is 0.788. The maximum atomic E-state index is 12.6. The Morgan fingerprint density at radius 2 is 2.42 bits per heavy atom. The number of aromatic nitrogens is 1. The number of nitrogens with zero attached hydrogens (tertiary/aromatic N) is 2. The topological polar surface area (TPSA) is 68.6 Å². The van der Waals surface area contributed by atoms with E-state index in [0.29, 0.717) is 17.3 Å². The lowest BCUT2D eigenvalue weighted by Crippen LogP contribution is -2.20. The summed E-state index contributed by atoms with van der Waals surface area (Å²) < 4.78 is 20.9. The molecule has 0 bridgehead atoms. The van der Waals surface area contributed by atoms with Gasteiger partial charge in [-0.15, -0.1) is 4.36 Å². The molecule has 1 aromatic rings. The molecule has 2 atom stereocenters. The van der Waals surface area contributed by atoms with Crippen LogP contribution in [-0.4, -0.2) is 33.4 Å². The molecular weight excluding hydrogens is 288 g/mol. The minimum Gasteiger partial charge on any atom is -0.451 e. The van der Waals surface area contributed by atoms with Gasteiger partial charge in [0.2, 0.25) is 0 Å². The molecule has 1 aliphatic heterocycles. The molecule has 1 fully saturated rings. The fourth-order valence-corrected chi connectivity index (χ4v) is 4.76. The highest BCUT2D eigenvalue weighted by molar-refractivity contribution is 7.94. The smallest absolute Gasteiger partial charge is 0.441 e. The molecule has 104 valence electrons. The van der Waals surface area contributed by atoms with Crippen molar-refractivity contribution >= 4 is 27.4 Å². The molecule has 0 aromatic carbocycles. The van der Waals surface area contributed by atoms with Crippen molar-refractivity contribution in [3.63, 3.8) is 0 Å². The van der Waals surface area contributed by atoms with Crippen molar-refractivity contribution < 1.29 is 13.7 Å². The summed E-state index contributed by atoms with van der Waals surface area (Å²) in [6.45, 7) is 0. The second-order valence-corrected chi connectivity index (χ2v) is 7.44. The molecule has 2 rings (SSSR count). The first kappa shape index (κ1) is 14.3. The SMILES string of the molecule is COC(=O)N=S1(=O)CCCC1Cc1ccc(Cl)nc1. The first-order chi connectivity index (χ1) is 9.03. The van der Waals surface area contributed by atoms with Crippen molar-refractivity contribution in [1.29, 1.82) is 0 Å². The second-order valence-electron chi connectivity index (χ2n) is 4.41. The zero-order chi connectivity index (χ0) is 13.9. The molecule has 1 aromatic heterocycles. The zero-order valence-corrected chi connectivity index (χ0v) is 12.1. The lowest BCUT2D eigenvalue weighted by atomic mass is 10.1. The molecule has 5 nitrogen and oxygen atoms in total. The number of carbonyl (C=O) groups excluding carboxylic acids is 1. The summed E-state index contributed by atoms with van der Waals surface area (Å²) in [5.41, 5.74) is 0.948. The van der Waals surface area contributed by atoms with E-state index in [4.69, 9.17) is 11.6 Å². The Morgan fingerprint density at radius 1 is 1.63 bits per heavy atom. The molecule has 19 heavy (non-hydrogen) atoms.